The van der Waals surface area contributed by atoms with E-state index in [2.05, 4.69) is 20.2 Å². The summed E-state index contributed by atoms with van der Waals surface area (Å²) in [4.78, 5) is 22.8. The maximum absolute atomic E-state index is 12.1. The Labute approximate surface area is 131 Å². The monoisotopic (exact) mass is 304 g/mol. The average Bonchev–Trinajstić information content (AvgIpc) is 3.19. The Hall–Kier alpha value is -1.85. The Morgan fingerprint density at radius 3 is 2.86 bits per heavy atom. The van der Waals surface area contributed by atoms with Crippen LogP contribution in [-0.4, -0.2) is 42.1 Å². The molecule has 0 aromatic carbocycles. The van der Waals surface area contributed by atoms with Crippen LogP contribution in [0.1, 0.15) is 38.5 Å². The number of hydrogen-bond donors (Lipinski definition) is 1. The molecule has 2 aliphatic rings. The number of carbonyl (C=O) groups is 1. The second kappa shape index (κ2) is 6.94. The van der Waals surface area contributed by atoms with Gasteiger partial charge in [-0.1, -0.05) is 12.8 Å². The summed E-state index contributed by atoms with van der Waals surface area (Å²) in [6.07, 6.45) is 9.90. The van der Waals surface area contributed by atoms with Crippen molar-refractivity contribution in [2.24, 2.45) is 5.92 Å². The van der Waals surface area contributed by atoms with E-state index in [0.29, 0.717) is 18.2 Å². The number of amides is 1. The van der Waals surface area contributed by atoms with E-state index in [4.69, 9.17) is 4.74 Å². The van der Waals surface area contributed by atoms with E-state index in [1.807, 2.05) is 0 Å². The molecule has 1 saturated carbocycles. The number of rotatable bonds is 5. The van der Waals surface area contributed by atoms with Crippen LogP contribution in [0.4, 0.5) is 5.82 Å². The van der Waals surface area contributed by atoms with Gasteiger partial charge in [0.25, 0.3) is 5.88 Å². The summed E-state index contributed by atoms with van der Waals surface area (Å²) in [6.45, 7) is 1.63. The summed E-state index contributed by atoms with van der Waals surface area (Å²) < 4.78 is 5.26. The van der Waals surface area contributed by atoms with Gasteiger partial charge in [-0.3, -0.25) is 4.79 Å². The van der Waals surface area contributed by atoms with Crippen molar-refractivity contribution < 1.29 is 9.53 Å². The zero-order chi connectivity index (χ0) is 15.4. The number of ether oxygens (including phenoxy) is 1. The van der Waals surface area contributed by atoms with Gasteiger partial charge in [0, 0.05) is 37.9 Å². The van der Waals surface area contributed by atoms with Crippen molar-refractivity contribution in [2.75, 3.05) is 25.1 Å². The first-order valence-corrected chi connectivity index (χ1v) is 8.15. The fourth-order valence-electron chi connectivity index (χ4n) is 3.51. The highest BCUT2D eigenvalue weighted by Crippen LogP contribution is 2.28. The van der Waals surface area contributed by atoms with Gasteiger partial charge in [0.05, 0.1) is 7.11 Å². The van der Waals surface area contributed by atoms with Crippen molar-refractivity contribution in [3.63, 3.8) is 0 Å². The average molecular weight is 304 g/mol. The van der Waals surface area contributed by atoms with Crippen LogP contribution in [0.2, 0.25) is 0 Å². The molecular formula is C16H24N4O2. The van der Waals surface area contributed by atoms with Crippen molar-refractivity contribution >= 4 is 11.7 Å². The van der Waals surface area contributed by atoms with Crippen molar-refractivity contribution in [2.45, 2.75) is 44.6 Å². The smallest absolute Gasteiger partial charge is 0.257 e. The first kappa shape index (κ1) is 15.1. The summed E-state index contributed by atoms with van der Waals surface area (Å²) in [6, 6.07) is 0.195. The Bertz CT molecular complexity index is 517. The third kappa shape index (κ3) is 3.48. The van der Waals surface area contributed by atoms with Crippen molar-refractivity contribution in [1.29, 1.82) is 0 Å². The minimum atomic E-state index is 0.195. The zero-order valence-electron chi connectivity index (χ0n) is 13.1. The van der Waals surface area contributed by atoms with Gasteiger partial charge in [-0.05, 0) is 25.2 Å². The van der Waals surface area contributed by atoms with E-state index in [9.17, 15) is 4.79 Å². The van der Waals surface area contributed by atoms with Gasteiger partial charge in [0.15, 0.2) is 5.82 Å². The number of nitrogens with zero attached hydrogens (tertiary/aromatic N) is 3. The van der Waals surface area contributed by atoms with E-state index in [0.717, 1.165) is 25.3 Å². The molecule has 6 heteroatoms. The van der Waals surface area contributed by atoms with Crippen molar-refractivity contribution in [3.8, 4) is 5.88 Å². The van der Waals surface area contributed by atoms with Gasteiger partial charge in [0.1, 0.15) is 0 Å². The Balaban J connectivity index is 1.52. The lowest BCUT2D eigenvalue weighted by molar-refractivity contribution is -0.122. The quantitative estimate of drug-likeness (QED) is 0.898. The fraction of sp³-hybridized carbons (Fsp3) is 0.688. The number of methoxy groups -OCH3 is 1. The molecule has 3 rings (SSSR count). The standard InChI is InChI=1S/C16H24N4O2/c1-22-16-15(17-7-8-18-16)20-9-6-13(11-20)19-14(21)10-12-4-2-3-5-12/h7-8,12-13H,2-6,9-11H2,1H3,(H,19,21)/t13-/m1/s1. The van der Waals surface area contributed by atoms with Crippen LogP contribution in [0, 0.1) is 5.92 Å². The lowest BCUT2D eigenvalue weighted by atomic mass is 10.0. The number of anilines is 1. The molecule has 1 aliphatic carbocycles. The third-order valence-electron chi connectivity index (χ3n) is 4.64. The molecule has 0 spiro atoms. The van der Waals surface area contributed by atoms with Gasteiger partial charge in [-0.15, -0.1) is 0 Å². The number of hydrogen-bond acceptors (Lipinski definition) is 5. The highest BCUT2D eigenvalue weighted by molar-refractivity contribution is 5.76. The van der Waals surface area contributed by atoms with Gasteiger partial charge >= 0.3 is 0 Å². The van der Waals surface area contributed by atoms with Crippen LogP contribution >= 0.6 is 0 Å². The Morgan fingerprint density at radius 1 is 1.32 bits per heavy atom. The Kier molecular flexibility index (Phi) is 4.75. The predicted molar refractivity (Wildman–Crippen MR) is 83.9 cm³/mol. The Morgan fingerprint density at radius 2 is 2.09 bits per heavy atom. The number of nitrogens with one attached hydrogen (secondary N) is 1. The molecule has 1 saturated heterocycles. The van der Waals surface area contributed by atoms with Gasteiger partial charge in [-0.25, -0.2) is 9.97 Å². The molecule has 120 valence electrons. The van der Waals surface area contributed by atoms with E-state index in [1.54, 1.807) is 19.5 Å². The van der Waals surface area contributed by atoms with Crippen LogP contribution < -0.4 is 15.0 Å². The molecule has 1 N–H and O–H groups in total. The first-order chi connectivity index (χ1) is 10.8. The summed E-state index contributed by atoms with van der Waals surface area (Å²) in [5.74, 6) is 2.10. The van der Waals surface area contributed by atoms with E-state index >= 15 is 0 Å². The SMILES string of the molecule is COc1nccnc1N1CC[C@@H](NC(=O)CC2CCCC2)C1. The highest BCUT2D eigenvalue weighted by atomic mass is 16.5. The minimum absolute atomic E-state index is 0.195. The molecule has 0 bridgehead atoms. The molecule has 1 aliphatic heterocycles. The van der Waals surface area contributed by atoms with E-state index in [-0.39, 0.29) is 11.9 Å². The zero-order valence-corrected chi connectivity index (χ0v) is 13.1. The maximum Gasteiger partial charge on any atom is 0.257 e. The van der Waals surface area contributed by atoms with Crippen LogP contribution in [0.15, 0.2) is 12.4 Å². The molecule has 2 fully saturated rings. The molecule has 0 radical (unpaired) electrons. The lowest BCUT2D eigenvalue weighted by Gasteiger charge is -2.19. The van der Waals surface area contributed by atoms with E-state index in [1.165, 1.54) is 25.7 Å². The summed E-state index contributed by atoms with van der Waals surface area (Å²) in [5.41, 5.74) is 0. The third-order valence-corrected chi connectivity index (χ3v) is 4.64. The maximum atomic E-state index is 12.1. The van der Waals surface area contributed by atoms with Crippen molar-refractivity contribution in [3.05, 3.63) is 12.4 Å². The van der Waals surface area contributed by atoms with Gasteiger partial charge < -0.3 is 15.0 Å². The summed E-state index contributed by atoms with van der Waals surface area (Å²) >= 11 is 0. The minimum Gasteiger partial charge on any atom is -0.478 e. The molecule has 1 aromatic heterocycles. The topological polar surface area (TPSA) is 67.4 Å². The van der Waals surface area contributed by atoms with Crippen LogP contribution in [0.3, 0.4) is 0 Å². The lowest BCUT2D eigenvalue weighted by Crippen LogP contribution is -2.37. The number of carbonyl (C=O) groups excluding carboxylic acids is 1. The largest absolute Gasteiger partial charge is 0.478 e. The molecule has 22 heavy (non-hydrogen) atoms. The number of aromatic nitrogens is 2. The molecular weight excluding hydrogens is 280 g/mol. The summed E-state index contributed by atoms with van der Waals surface area (Å²) in [5, 5.41) is 3.17. The first-order valence-electron chi connectivity index (χ1n) is 8.15. The molecule has 1 atom stereocenters. The normalized spacial score (nSPS) is 22.0. The van der Waals surface area contributed by atoms with Gasteiger partial charge in [-0.2, -0.15) is 0 Å². The second-order valence-corrected chi connectivity index (χ2v) is 6.24. The molecule has 6 nitrogen and oxygen atoms in total. The molecule has 2 heterocycles. The van der Waals surface area contributed by atoms with Crippen LogP contribution in [0.25, 0.3) is 0 Å². The second-order valence-electron chi connectivity index (χ2n) is 6.24. The molecule has 1 aromatic rings. The summed E-state index contributed by atoms with van der Waals surface area (Å²) in [7, 11) is 1.60. The van der Waals surface area contributed by atoms with E-state index < -0.39 is 0 Å². The van der Waals surface area contributed by atoms with Crippen LogP contribution in [0.5, 0.6) is 5.88 Å². The van der Waals surface area contributed by atoms with Crippen LogP contribution in [-0.2, 0) is 4.79 Å². The molecule has 0 unspecified atom stereocenters. The fourth-order valence-corrected chi connectivity index (χ4v) is 3.51. The predicted octanol–water partition coefficient (Wildman–Crippen LogP) is 1.76. The van der Waals surface area contributed by atoms with Crippen molar-refractivity contribution in [1.82, 2.24) is 15.3 Å². The highest BCUT2D eigenvalue weighted by Gasteiger charge is 2.28. The van der Waals surface area contributed by atoms with Gasteiger partial charge in [0.2, 0.25) is 5.91 Å². The molecule has 1 amide bonds.